The lowest BCUT2D eigenvalue weighted by atomic mass is 10.1. The largest absolute Gasteiger partial charge is 0.493 e. The van der Waals surface area contributed by atoms with E-state index in [4.69, 9.17) is 14.2 Å². The zero-order chi connectivity index (χ0) is 20.3. The molecule has 0 spiro atoms. The second-order valence-corrected chi connectivity index (χ2v) is 8.01. The maximum Gasteiger partial charge on any atom is 0.255 e. The number of nitrogens with one attached hydrogen (secondary N) is 2. The van der Waals surface area contributed by atoms with Crippen molar-refractivity contribution in [2.75, 3.05) is 26.6 Å². The van der Waals surface area contributed by atoms with E-state index < -0.39 is 15.9 Å². The Morgan fingerprint density at radius 2 is 1.64 bits per heavy atom. The molecule has 150 valence electrons. The van der Waals surface area contributed by atoms with Gasteiger partial charge >= 0.3 is 0 Å². The minimum absolute atomic E-state index is 0.00229. The van der Waals surface area contributed by atoms with Gasteiger partial charge in [-0.15, -0.1) is 0 Å². The zero-order valence-electron chi connectivity index (χ0n) is 15.8. The third kappa shape index (κ3) is 4.37. The van der Waals surface area contributed by atoms with Crippen LogP contribution in [0.1, 0.15) is 23.2 Å². The molecule has 0 unspecified atom stereocenters. The molecule has 1 fully saturated rings. The third-order valence-electron chi connectivity index (χ3n) is 4.23. The highest BCUT2D eigenvalue weighted by molar-refractivity contribution is 7.89. The second kappa shape index (κ2) is 8.07. The first kappa shape index (κ1) is 20.0. The minimum Gasteiger partial charge on any atom is -0.493 e. The molecule has 1 aliphatic carbocycles. The highest BCUT2D eigenvalue weighted by atomic mass is 32.2. The first-order valence-electron chi connectivity index (χ1n) is 8.61. The Labute approximate surface area is 163 Å². The van der Waals surface area contributed by atoms with Gasteiger partial charge in [-0.2, -0.15) is 0 Å². The molecule has 0 bridgehead atoms. The number of hydrogen-bond donors (Lipinski definition) is 2. The van der Waals surface area contributed by atoms with Crippen molar-refractivity contribution < 1.29 is 27.4 Å². The molecule has 0 aliphatic heterocycles. The topological polar surface area (TPSA) is 103 Å². The van der Waals surface area contributed by atoms with Crippen LogP contribution in [0.4, 0.5) is 5.69 Å². The van der Waals surface area contributed by atoms with E-state index in [1.54, 1.807) is 12.1 Å². The summed E-state index contributed by atoms with van der Waals surface area (Å²) in [4.78, 5) is 12.8. The fraction of sp³-hybridized carbons (Fsp3) is 0.316. The average molecular weight is 406 g/mol. The van der Waals surface area contributed by atoms with Crippen LogP contribution in [0, 0.1) is 0 Å². The van der Waals surface area contributed by atoms with Crippen molar-refractivity contribution >= 4 is 21.6 Å². The molecule has 0 saturated heterocycles. The number of carbonyl (C=O) groups excluding carboxylic acids is 1. The van der Waals surface area contributed by atoms with Crippen LogP contribution in [-0.2, 0) is 10.0 Å². The van der Waals surface area contributed by atoms with Crippen LogP contribution in [0.3, 0.4) is 0 Å². The summed E-state index contributed by atoms with van der Waals surface area (Å²) in [5.74, 6) is 0.624. The van der Waals surface area contributed by atoms with Gasteiger partial charge in [0.05, 0.1) is 26.2 Å². The predicted octanol–water partition coefficient (Wildman–Crippen LogP) is 2.41. The van der Waals surface area contributed by atoms with Crippen molar-refractivity contribution in [3.8, 4) is 17.2 Å². The number of ether oxygens (including phenoxy) is 3. The molecule has 1 amide bonds. The van der Waals surface area contributed by atoms with Gasteiger partial charge in [0.1, 0.15) is 0 Å². The van der Waals surface area contributed by atoms with Gasteiger partial charge in [-0.3, -0.25) is 4.79 Å². The second-order valence-electron chi connectivity index (χ2n) is 6.29. The van der Waals surface area contributed by atoms with Crippen LogP contribution in [-0.4, -0.2) is 41.7 Å². The van der Waals surface area contributed by atoms with Gasteiger partial charge in [-0.25, -0.2) is 13.1 Å². The van der Waals surface area contributed by atoms with Crippen molar-refractivity contribution in [2.45, 2.75) is 23.8 Å². The van der Waals surface area contributed by atoms with Gasteiger partial charge < -0.3 is 19.5 Å². The normalized spacial score (nSPS) is 13.7. The van der Waals surface area contributed by atoms with Crippen molar-refractivity contribution in [1.29, 1.82) is 0 Å². The van der Waals surface area contributed by atoms with Crippen molar-refractivity contribution in [2.24, 2.45) is 0 Å². The zero-order valence-corrected chi connectivity index (χ0v) is 16.6. The Hall–Kier alpha value is -2.78. The van der Waals surface area contributed by atoms with Gasteiger partial charge in [0.25, 0.3) is 5.91 Å². The number of methoxy groups -OCH3 is 3. The summed E-state index contributed by atoms with van der Waals surface area (Å²) in [7, 11) is 0.783. The smallest absolute Gasteiger partial charge is 0.255 e. The first-order chi connectivity index (χ1) is 13.4. The minimum atomic E-state index is -3.61. The Kier molecular flexibility index (Phi) is 5.76. The first-order valence-corrected chi connectivity index (χ1v) is 10.1. The highest BCUT2D eigenvalue weighted by Gasteiger charge is 2.28. The van der Waals surface area contributed by atoms with E-state index in [2.05, 4.69) is 10.0 Å². The molecule has 1 saturated carbocycles. The Morgan fingerprint density at radius 1 is 1.00 bits per heavy atom. The van der Waals surface area contributed by atoms with E-state index in [1.165, 1.54) is 45.6 Å². The van der Waals surface area contributed by atoms with Crippen molar-refractivity contribution in [3.63, 3.8) is 0 Å². The number of sulfonamides is 1. The third-order valence-corrected chi connectivity index (χ3v) is 5.75. The summed E-state index contributed by atoms with van der Waals surface area (Å²) in [6.45, 7) is 0. The van der Waals surface area contributed by atoms with Crippen LogP contribution >= 0.6 is 0 Å². The molecule has 2 N–H and O–H groups in total. The summed E-state index contributed by atoms with van der Waals surface area (Å²) in [5.41, 5.74) is 0.635. The molecule has 3 rings (SSSR count). The number of rotatable bonds is 8. The van der Waals surface area contributed by atoms with E-state index in [0.29, 0.717) is 22.9 Å². The maximum atomic E-state index is 12.7. The molecular weight excluding hydrogens is 384 g/mol. The average Bonchev–Trinajstić information content (AvgIpc) is 3.50. The van der Waals surface area contributed by atoms with E-state index in [0.717, 1.165) is 12.8 Å². The standard InChI is InChI=1S/C19H22N2O6S/c1-25-16-9-12(10-17(26-2)18(16)27-3)19(22)20-14-5-4-6-15(11-14)28(23,24)21-13-7-8-13/h4-6,9-11,13,21H,7-8H2,1-3H3,(H,20,22). The van der Waals surface area contributed by atoms with E-state index in [1.807, 2.05) is 0 Å². The maximum absolute atomic E-state index is 12.7. The molecule has 2 aromatic rings. The van der Waals surface area contributed by atoms with Crippen LogP contribution in [0.5, 0.6) is 17.2 Å². The van der Waals surface area contributed by atoms with Crippen LogP contribution < -0.4 is 24.2 Å². The van der Waals surface area contributed by atoms with Gasteiger partial charge in [-0.05, 0) is 43.2 Å². The van der Waals surface area contributed by atoms with Gasteiger partial charge in [-0.1, -0.05) is 6.07 Å². The van der Waals surface area contributed by atoms with Crippen LogP contribution in [0.15, 0.2) is 41.3 Å². The lowest BCUT2D eigenvalue weighted by Crippen LogP contribution is -2.25. The van der Waals surface area contributed by atoms with Crippen LogP contribution in [0.25, 0.3) is 0 Å². The predicted molar refractivity (Wildman–Crippen MR) is 104 cm³/mol. The van der Waals surface area contributed by atoms with E-state index >= 15 is 0 Å². The number of amides is 1. The molecule has 8 nitrogen and oxygen atoms in total. The summed E-state index contributed by atoms with van der Waals surface area (Å²) < 4.78 is 43.1. The number of carbonyl (C=O) groups is 1. The molecule has 0 radical (unpaired) electrons. The highest BCUT2D eigenvalue weighted by Crippen LogP contribution is 2.38. The molecule has 2 aromatic carbocycles. The lowest BCUT2D eigenvalue weighted by molar-refractivity contribution is 0.102. The fourth-order valence-corrected chi connectivity index (χ4v) is 4.00. The van der Waals surface area contributed by atoms with Crippen LogP contribution in [0.2, 0.25) is 0 Å². The molecule has 1 aliphatic rings. The summed E-state index contributed by atoms with van der Waals surface area (Å²) in [5, 5.41) is 2.70. The lowest BCUT2D eigenvalue weighted by Gasteiger charge is -2.14. The Bertz CT molecular complexity index is 961. The van der Waals surface area contributed by atoms with Crippen molar-refractivity contribution in [1.82, 2.24) is 4.72 Å². The fourth-order valence-electron chi connectivity index (χ4n) is 2.65. The number of anilines is 1. The van der Waals surface area contributed by atoms with Gasteiger partial charge in [0, 0.05) is 17.3 Å². The molecule has 0 heterocycles. The number of benzene rings is 2. The molecule has 9 heteroatoms. The number of hydrogen-bond acceptors (Lipinski definition) is 6. The van der Waals surface area contributed by atoms with Gasteiger partial charge in [0.2, 0.25) is 15.8 Å². The molecule has 0 aromatic heterocycles. The van der Waals surface area contributed by atoms with E-state index in [-0.39, 0.29) is 16.5 Å². The summed E-state index contributed by atoms with van der Waals surface area (Å²) in [6.07, 6.45) is 1.69. The van der Waals surface area contributed by atoms with Gasteiger partial charge in [0.15, 0.2) is 11.5 Å². The van der Waals surface area contributed by atoms with E-state index in [9.17, 15) is 13.2 Å². The quantitative estimate of drug-likeness (QED) is 0.698. The molecular formula is C19H22N2O6S. The molecule has 0 atom stereocenters. The summed E-state index contributed by atoms with van der Waals surface area (Å²) >= 11 is 0. The summed E-state index contributed by atoms with van der Waals surface area (Å²) in [6, 6.07) is 9.14. The van der Waals surface area contributed by atoms with Crippen molar-refractivity contribution in [3.05, 3.63) is 42.0 Å². The molecule has 28 heavy (non-hydrogen) atoms. The Morgan fingerprint density at radius 3 is 2.18 bits per heavy atom. The monoisotopic (exact) mass is 406 g/mol. The Balaban J connectivity index is 1.84. The SMILES string of the molecule is COc1cc(C(=O)Nc2cccc(S(=O)(=O)NC3CC3)c2)cc(OC)c1OC.